The van der Waals surface area contributed by atoms with Crippen LogP contribution >= 0.6 is 0 Å². The maximum absolute atomic E-state index is 12.6. The van der Waals surface area contributed by atoms with E-state index in [1.165, 1.54) is 57.8 Å². The van der Waals surface area contributed by atoms with Crippen LogP contribution in [0.2, 0.25) is 0 Å². The first kappa shape index (κ1) is 39.9. The number of hydrogen-bond acceptors (Lipinski definition) is 3. The third-order valence-electron chi connectivity index (χ3n) is 7.57. The van der Waals surface area contributed by atoms with Gasteiger partial charge in [0.25, 0.3) is 0 Å². The lowest BCUT2D eigenvalue weighted by Gasteiger charge is -2.18. The van der Waals surface area contributed by atoms with Crippen LogP contribution in [0.15, 0.2) is 48.6 Å². The zero-order chi connectivity index (χ0) is 30.8. The molecule has 0 fully saturated rings. The van der Waals surface area contributed by atoms with Crippen molar-refractivity contribution in [2.45, 2.75) is 180 Å². The van der Waals surface area contributed by atoms with Crippen LogP contribution in [-0.2, 0) is 14.3 Å². The molecule has 0 aliphatic rings. The van der Waals surface area contributed by atoms with E-state index in [1.807, 2.05) is 0 Å². The van der Waals surface area contributed by atoms with Crippen molar-refractivity contribution in [1.29, 1.82) is 0 Å². The molecule has 1 atom stereocenters. The highest BCUT2D eigenvalue weighted by Crippen LogP contribution is 2.18. The van der Waals surface area contributed by atoms with Crippen LogP contribution in [0.3, 0.4) is 0 Å². The second kappa shape index (κ2) is 33.4. The number of carboxylic acid groups (broad SMARTS) is 1. The molecule has 0 aromatic carbocycles. The Labute approximate surface area is 260 Å². The third kappa shape index (κ3) is 32.4. The lowest BCUT2D eigenvalue weighted by molar-refractivity contribution is -0.150. The van der Waals surface area contributed by atoms with Crippen LogP contribution in [0, 0.1) is 0 Å². The molecule has 1 N–H and O–H groups in total. The number of allylic oxidation sites excluding steroid dienone is 8. The van der Waals surface area contributed by atoms with Crippen LogP contribution in [0.25, 0.3) is 0 Å². The number of ether oxygens (including phenoxy) is 1. The van der Waals surface area contributed by atoms with Crippen LogP contribution in [0.5, 0.6) is 0 Å². The third-order valence-corrected chi connectivity index (χ3v) is 7.57. The summed E-state index contributed by atoms with van der Waals surface area (Å²) in [6.07, 6.45) is 44.1. The summed E-state index contributed by atoms with van der Waals surface area (Å²) in [5, 5.41) is 8.71. The number of carbonyl (C=O) groups is 2. The number of aliphatic carboxylic acids is 1. The van der Waals surface area contributed by atoms with Crippen molar-refractivity contribution < 1.29 is 19.4 Å². The zero-order valence-corrected chi connectivity index (χ0v) is 27.5. The lowest BCUT2D eigenvalue weighted by atomic mass is 10.0. The molecular formula is C38H66O4. The molecule has 0 saturated heterocycles. The summed E-state index contributed by atoms with van der Waals surface area (Å²) in [6, 6.07) is 0. The first-order valence-electron chi connectivity index (χ1n) is 17.6. The number of carbonyl (C=O) groups excluding carboxylic acids is 1. The highest BCUT2D eigenvalue weighted by Gasteiger charge is 2.14. The lowest BCUT2D eigenvalue weighted by Crippen LogP contribution is -2.18. The molecule has 0 aliphatic heterocycles. The topological polar surface area (TPSA) is 63.6 Å². The van der Waals surface area contributed by atoms with Gasteiger partial charge in [-0.25, -0.2) is 0 Å². The number of unbranched alkanes of at least 4 members (excludes halogenated alkanes) is 14. The first-order chi connectivity index (χ1) is 20.6. The standard InChI is InChI=1S/C38H66O4/c1-3-5-7-9-11-12-13-14-15-16-17-18-23-27-31-35-38(41)42-36(32-28-24-10-8-6-4-2)33-29-25-21-19-20-22-26-30-34-37(39)40/h5,7,11-12,14-15,17-18,36H,3-4,6,8-10,13,16,19-35H2,1-2H3,(H,39,40)/b7-5-,12-11-,15-14-,18-17-. The van der Waals surface area contributed by atoms with E-state index in [1.54, 1.807) is 0 Å². The van der Waals surface area contributed by atoms with E-state index in [0.717, 1.165) is 89.9 Å². The van der Waals surface area contributed by atoms with Gasteiger partial charge in [-0.05, 0) is 77.0 Å². The second-order valence-corrected chi connectivity index (χ2v) is 11.7. The largest absolute Gasteiger partial charge is 0.481 e. The molecular weight excluding hydrogens is 520 g/mol. The summed E-state index contributed by atoms with van der Waals surface area (Å²) in [5.74, 6) is -0.703. The molecule has 242 valence electrons. The fourth-order valence-electron chi connectivity index (χ4n) is 5.00. The van der Waals surface area contributed by atoms with Gasteiger partial charge in [-0.3, -0.25) is 9.59 Å². The van der Waals surface area contributed by atoms with Gasteiger partial charge in [-0.1, -0.05) is 133 Å². The highest BCUT2D eigenvalue weighted by atomic mass is 16.5. The van der Waals surface area contributed by atoms with Gasteiger partial charge in [0.15, 0.2) is 0 Å². The summed E-state index contributed by atoms with van der Waals surface area (Å²) < 4.78 is 5.97. The molecule has 0 spiro atoms. The zero-order valence-electron chi connectivity index (χ0n) is 27.5. The maximum atomic E-state index is 12.6. The molecule has 4 nitrogen and oxygen atoms in total. The predicted molar refractivity (Wildman–Crippen MR) is 181 cm³/mol. The van der Waals surface area contributed by atoms with E-state index in [2.05, 4.69) is 62.5 Å². The second-order valence-electron chi connectivity index (χ2n) is 11.7. The van der Waals surface area contributed by atoms with E-state index in [0.29, 0.717) is 12.8 Å². The number of rotatable bonds is 31. The van der Waals surface area contributed by atoms with Crippen molar-refractivity contribution in [1.82, 2.24) is 0 Å². The molecule has 0 radical (unpaired) electrons. The molecule has 0 aliphatic carbocycles. The molecule has 1 unspecified atom stereocenters. The molecule has 42 heavy (non-hydrogen) atoms. The number of hydrogen-bond donors (Lipinski definition) is 1. The minimum Gasteiger partial charge on any atom is -0.481 e. The Balaban J connectivity index is 4.08. The summed E-state index contributed by atoms with van der Waals surface area (Å²) in [6.45, 7) is 4.40. The Bertz CT molecular complexity index is 719. The smallest absolute Gasteiger partial charge is 0.306 e. The fourth-order valence-corrected chi connectivity index (χ4v) is 5.00. The Hall–Kier alpha value is -2.10. The van der Waals surface area contributed by atoms with Gasteiger partial charge in [0.1, 0.15) is 6.10 Å². The van der Waals surface area contributed by atoms with Gasteiger partial charge in [-0.2, -0.15) is 0 Å². The van der Waals surface area contributed by atoms with Gasteiger partial charge >= 0.3 is 11.9 Å². The summed E-state index contributed by atoms with van der Waals surface area (Å²) in [4.78, 5) is 23.1. The van der Waals surface area contributed by atoms with Crippen molar-refractivity contribution in [3.05, 3.63) is 48.6 Å². The predicted octanol–water partition coefficient (Wildman–Crippen LogP) is 12.0. The Morgan fingerprint density at radius 2 is 1.00 bits per heavy atom. The number of carboxylic acids is 1. The molecule has 0 saturated carbocycles. The van der Waals surface area contributed by atoms with Gasteiger partial charge in [0, 0.05) is 12.8 Å². The van der Waals surface area contributed by atoms with E-state index in [-0.39, 0.29) is 12.1 Å². The summed E-state index contributed by atoms with van der Waals surface area (Å²) >= 11 is 0. The SMILES string of the molecule is CC/C=C\C/C=C\C/C=C\C/C=C\CCCCC(=O)OC(CCCCCCCC)CCCCCCCCCCC(=O)O. The molecule has 0 aromatic rings. The monoisotopic (exact) mass is 586 g/mol. The van der Waals surface area contributed by atoms with Gasteiger partial charge in [0.2, 0.25) is 0 Å². The summed E-state index contributed by atoms with van der Waals surface area (Å²) in [5.41, 5.74) is 0. The van der Waals surface area contributed by atoms with Crippen LogP contribution < -0.4 is 0 Å². The number of esters is 1. The Kier molecular flexibility index (Phi) is 31.7. The Morgan fingerprint density at radius 3 is 1.52 bits per heavy atom. The molecule has 4 heteroatoms. The van der Waals surface area contributed by atoms with Crippen molar-refractivity contribution in [3.63, 3.8) is 0 Å². The normalized spacial score (nSPS) is 12.8. The fraction of sp³-hybridized carbons (Fsp3) is 0.737. The van der Waals surface area contributed by atoms with Gasteiger partial charge in [-0.15, -0.1) is 0 Å². The van der Waals surface area contributed by atoms with Crippen molar-refractivity contribution in [2.24, 2.45) is 0 Å². The first-order valence-corrected chi connectivity index (χ1v) is 17.6. The maximum Gasteiger partial charge on any atom is 0.306 e. The average molecular weight is 587 g/mol. The van der Waals surface area contributed by atoms with Gasteiger partial charge in [0.05, 0.1) is 0 Å². The van der Waals surface area contributed by atoms with Crippen molar-refractivity contribution in [3.8, 4) is 0 Å². The van der Waals surface area contributed by atoms with E-state index >= 15 is 0 Å². The molecule has 0 heterocycles. The molecule has 0 rings (SSSR count). The molecule has 0 amide bonds. The van der Waals surface area contributed by atoms with Crippen molar-refractivity contribution in [2.75, 3.05) is 0 Å². The highest BCUT2D eigenvalue weighted by molar-refractivity contribution is 5.69. The van der Waals surface area contributed by atoms with Gasteiger partial charge < -0.3 is 9.84 Å². The Morgan fingerprint density at radius 1 is 0.548 bits per heavy atom. The van der Waals surface area contributed by atoms with Crippen molar-refractivity contribution >= 4 is 11.9 Å². The minimum atomic E-state index is -0.687. The molecule has 0 aromatic heterocycles. The van der Waals surface area contributed by atoms with E-state index < -0.39 is 5.97 Å². The van der Waals surface area contributed by atoms with E-state index in [9.17, 15) is 9.59 Å². The van der Waals surface area contributed by atoms with Crippen LogP contribution in [0.1, 0.15) is 174 Å². The van der Waals surface area contributed by atoms with Crippen LogP contribution in [0.4, 0.5) is 0 Å². The average Bonchev–Trinajstić information content (AvgIpc) is 2.97. The van der Waals surface area contributed by atoms with Crippen LogP contribution in [-0.4, -0.2) is 23.1 Å². The van der Waals surface area contributed by atoms with E-state index in [4.69, 9.17) is 9.84 Å². The quantitative estimate of drug-likeness (QED) is 0.0498. The molecule has 0 bridgehead atoms. The summed E-state index contributed by atoms with van der Waals surface area (Å²) in [7, 11) is 0. The minimum absolute atomic E-state index is 0.0162.